The number of rotatable bonds is 5. The second-order valence-corrected chi connectivity index (χ2v) is 9.63. The van der Waals surface area contributed by atoms with Gasteiger partial charge in [-0.3, -0.25) is 9.69 Å². The van der Waals surface area contributed by atoms with Crippen LogP contribution in [0, 0.1) is 17.6 Å². The minimum absolute atomic E-state index is 0.0318. The number of hydrogen-bond donors (Lipinski definition) is 1. The fourth-order valence-corrected chi connectivity index (χ4v) is 5.34. The van der Waals surface area contributed by atoms with Crippen LogP contribution in [0.4, 0.5) is 8.78 Å². The van der Waals surface area contributed by atoms with Gasteiger partial charge in [-0.05, 0) is 37.0 Å². The molecule has 1 aromatic rings. The Morgan fingerprint density at radius 1 is 1.11 bits per heavy atom. The van der Waals surface area contributed by atoms with E-state index in [-0.39, 0.29) is 36.5 Å². The molecule has 0 aromatic heterocycles. The molecule has 3 rings (SSSR count). The Kier molecular flexibility index (Phi) is 6.67. The van der Waals surface area contributed by atoms with E-state index < -0.39 is 21.7 Å². The van der Waals surface area contributed by atoms with Crippen LogP contribution in [-0.2, 0) is 14.8 Å². The number of halogens is 2. The van der Waals surface area contributed by atoms with E-state index in [2.05, 4.69) is 12.2 Å². The van der Waals surface area contributed by atoms with Gasteiger partial charge in [-0.1, -0.05) is 19.8 Å². The number of nitrogens with zero attached hydrogens (tertiary/aromatic N) is 2. The van der Waals surface area contributed by atoms with Gasteiger partial charge in [0.1, 0.15) is 0 Å². The number of piperazine rings is 1. The fraction of sp³-hybridized carbons (Fsp3) is 0.632. The van der Waals surface area contributed by atoms with E-state index in [0.717, 1.165) is 31.4 Å². The van der Waals surface area contributed by atoms with Crippen molar-refractivity contribution in [3.8, 4) is 0 Å². The maximum Gasteiger partial charge on any atom is 0.243 e. The van der Waals surface area contributed by atoms with Crippen molar-refractivity contribution in [2.75, 3.05) is 32.7 Å². The Balaban J connectivity index is 1.52. The van der Waals surface area contributed by atoms with E-state index in [0.29, 0.717) is 25.1 Å². The molecule has 0 spiro atoms. The van der Waals surface area contributed by atoms with Gasteiger partial charge in [-0.15, -0.1) is 0 Å². The Hall–Kier alpha value is -1.58. The van der Waals surface area contributed by atoms with E-state index in [1.807, 2.05) is 4.90 Å². The van der Waals surface area contributed by atoms with Gasteiger partial charge in [0.15, 0.2) is 11.6 Å². The fourth-order valence-electron chi connectivity index (χ4n) is 3.90. The molecule has 1 saturated heterocycles. The van der Waals surface area contributed by atoms with Crippen LogP contribution in [0.3, 0.4) is 0 Å². The molecule has 1 aromatic carbocycles. The zero-order valence-corrected chi connectivity index (χ0v) is 16.9. The van der Waals surface area contributed by atoms with Crippen molar-refractivity contribution in [3.05, 3.63) is 29.8 Å². The third kappa shape index (κ3) is 4.87. The number of benzene rings is 1. The van der Waals surface area contributed by atoms with Crippen LogP contribution in [0.1, 0.15) is 32.6 Å². The molecule has 2 fully saturated rings. The lowest BCUT2D eigenvalue weighted by molar-refractivity contribution is -0.123. The lowest BCUT2D eigenvalue weighted by Crippen LogP contribution is -2.52. The van der Waals surface area contributed by atoms with Gasteiger partial charge in [0.25, 0.3) is 0 Å². The number of nitrogens with one attached hydrogen (secondary N) is 1. The highest BCUT2D eigenvalue weighted by Crippen LogP contribution is 2.24. The molecule has 1 N–H and O–H groups in total. The van der Waals surface area contributed by atoms with Crippen molar-refractivity contribution < 1.29 is 22.0 Å². The molecule has 1 amide bonds. The van der Waals surface area contributed by atoms with E-state index in [9.17, 15) is 22.0 Å². The average molecular weight is 416 g/mol. The van der Waals surface area contributed by atoms with Gasteiger partial charge in [-0.2, -0.15) is 4.31 Å². The summed E-state index contributed by atoms with van der Waals surface area (Å²) >= 11 is 0. The van der Waals surface area contributed by atoms with Gasteiger partial charge in [0, 0.05) is 32.2 Å². The molecule has 0 unspecified atom stereocenters. The van der Waals surface area contributed by atoms with E-state index in [1.165, 1.54) is 10.7 Å². The first-order chi connectivity index (χ1) is 13.3. The SMILES string of the molecule is C[C@H]1CCCC[C@@H]1NC(=O)CN1CCN(S(=O)(=O)c2ccc(F)c(F)c2)CC1. The molecule has 9 heteroatoms. The second-order valence-electron chi connectivity index (χ2n) is 7.69. The van der Waals surface area contributed by atoms with Gasteiger partial charge in [0.05, 0.1) is 11.4 Å². The summed E-state index contributed by atoms with van der Waals surface area (Å²) in [6.45, 7) is 3.63. The molecule has 0 bridgehead atoms. The predicted molar refractivity (Wildman–Crippen MR) is 101 cm³/mol. The average Bonchev–Trinajstić information content (AvgIpc) is 2.66. The first-order valence-corrected chi connectivity index (χ1v) is 11.2. The number of carbonyl (C=O) groups excluding carboxylic acids is 1. The highest BCUT2D eigenvalue weighted by atomic mass is 32.2. The number of amides is 1. The molecule has 1 saturated carbocycles. The van der Waals surface area contributed by atoms with Crippen LogP contribution in [0.25, 0.3) is 0 Å². The predicted octanol–water partition coefficient (Wildman–Crippen LogP) is 1.97. The smallest absolute Gasteiger partial charge is 0.243 e. The van der Waals surface area contributed by atoms with Crippen molar-refractivity contribution in [2.24, 2.45) is 5.92 Å². The summed E-state index contributed by atoms with van der Waals surface area (Å²) in [6.07, 6.45) is 4.48. The molecule has 0 radical (unpaired) electrons. The normalized spacial score (nSPS) is 24.8. The number of carbonyl (C=O) groups is 1. The molecular formula is C19H27F2N3O3S. The van der Waals surface area contributed by atoms with Crippen LogP contribution >= 0.6 is 0 Å². The second kappa shape index (κ2) is 8.84. The molecule has 6 nitrogen and oxygen atoms in total. The molecule has 156 valence electrons. The molecule has 2 aliphatic rings. The third-order valence-electron chi connectivity index (χ3n) is 5.69. The minimum atomic E-state index is -3.88. The van der Waals surface area contributed by atoms with Gasteiger partial charge in [-0.25, -0.2) is 17.2 Å². The molecule has 28 heavy (non-hydrogen) atoms. The zero-order valence-electron chi connectivity index (χ0n) is 16.0. The summed E-state index contributed by atoms with van der Waals surface area (Å²) in [7, 11) is -3.88. The molecule has 1 heterocycles. The molecule has 1 aliphatic carbocycles. The Bertz CT molecular complexity index is 811. The summed E-state index contributed by atoms with van der Waals surface area (Å²) < 4.78 is 52.9. The summed E-state index contributed by atoms with van der Waals surface area (Å²) in [5.41, 5.74) is 0. The summed E-state index contributed by atoms with van der Waals surface area (Å²) in [5, 5.41) is 3.11. The first-order valence-electron chi connectivity index (χ1n) is 9.74. The molecule has 1 aliphatic heterocycles. The van der Waals surface area contributed by atoms with Crippen LogP contribution in [0.2, 0.25) is 0 Å². The van der Waals surface area contributed by atoms with Crippen LogP contribution in [0.5, 0.6) is 0 Å². The van der Waals surface area contributed by atoms with Crippen molar-refractivity contribution >= 4 is 15.9 Å². The standard InChI is InChI=1S/C19H27F2N3O3S/c1-14-4-2-3-5-18(14)22-19(25)13-23-8-10-24(11-9-23)28(26,27)15-6-7-16(20)17(21)12-15/h6-7,12,14,18H,2-5,8-11,13H2,1H3,(H,22,25)/t14-,18-/m0/s1. The Morgan fingerprint density at radius 2 is 1.79 bits per heavy atom. The summed E-state index contributed by atoms with van der Waals surface area (Å²) in [5.74, 6) is -1.82. The van der Waals surface area contributed by atoms with Gasteiger partial charge >= 0.3 is 0 Å². The lowest BCUT2D eigenvalue weighted by Gasteiger charge is -2.34. The molecule has 2 atom stereocenters. The number of sulfonamides is 1. The Labute approximate surface area is 164 Å². The maximum absolute atomic E-state index is 13.4. The monoisotopic (exact) mass is 415 g/mol. The maximum atomic E-state index is 13.4. The Morgan fingerprint density at radius 3 is 2.43 bits per heavy atom. The van der Waals surface area contributed by atoms with E-state index in [4.69, 9.17) is 0 Å². The van der Waals surface area contributed by atoms with Crippen LogP contribution < -0.4 is 5.32 Å². The first kappa shape index (κ1) is 21.1. The quantitative estimate of drug-likeness (QED) is 0.798. The van der Waals surface area contributed by atoms with Crippen molar-refractivity contribution in [3.63, 3.8) is 0 Å². The van der Waals surface area contributed by atoms with E-state index >= 15 is 0 Å². The van der Waals surface area contributed by atoms with Crippen molar-refractivity contribution in [2.45, 2.75) is 43.5 Å². The zero-order chi connectivity index (χ0) is 20.3. The third-order valence-corrected chi connectivity index (χ3v) is 7.58. The summed E-state index contributed by atoms with van der Waals surface area (Å²) in [4.78, 5) is 14.0. The molecular weight excluding hydrogens is 388 g/mol. The van der Waals surface area contributed by atoms with Crippen molar-refractivity contribution in [1.82, 2.24) is 14.5 Å². The largest absolute Gasteiger partial charge is 0.352 e. The highest BCUT2D eigenvalue weighted by Gasteiger charge is 2.30. The minimum Gasteiger partial charge on any atom is -0.352 e. The topological polar surface area (TPSA) is 69.7 Å². The lowest BCUT2D eigenvalue weighted by atomic mass is 9.86. The van der Waals surface area contributed by atoms with Crippen LogP contribution in [-0.4, -0.2) is 62.3 Å². The number of hydrogen-bond acceptors (Lipinski definition) is 4. The van der Waals surface area contributed by atoms with Gasteiger partial charge < -0.3 is 5.32 Å². The van der Waals surface area contributed by atoms with Crippen molar-refractivity contribution in [1.29, 1.82) is 0 Å². The van der Waals surface area contributed by atoms with E-state index in [1.54, 1.807) is 0 Å². The van der Waals surface area contributed by atoms with Gasteiger partial charge in [0.2, 0.25) is 15.9 Å². The highest BCUT2D eigenvalue weighted by molar-refractivity contribution is 7.89. The van der Waals surface area contributed by atoms with Crippen LogP contribution in [0.15, 0.2) is 23.1 Å². The summed E-state index contributed by atoms with van der Waals surface area (Å²) in [6, 6.07) is 2.81.